The highest BCUT2D eigenvalue weighted by Gasteiger charge is 2.19. The van der Waals surface area contributed by atoms with E-state index < -0.39 is 0 Å². The van der Waals surface area contributed by atoms with Crippen molar-refractivity contribution in [2.75, 3.05) is 42.4 Å². The minimum absolute atomic E-state index is 0.174. The van der Waals surface area contributed by atoms with Crippen LogP contribution in [0, 0.1) is 0 Å². The first kappa shape index (κ1) is 19.9. The Kier molecular flexibility index (Phi) is 6.27. The van der Waals surface area contributed by atoms with Crippen LogP contribution in [-0.2, 0) is 11.3 Å². The number of anilines is 3. The van der Waals surface area contributed by atoms with Gasteiger partial charge in [0.2, 0.25) is 0 Å². The Morgan fingerprint density at radius 1 is 0.933 bits per heavy atom. The molecule has 0 unspecified atom stereocenters. The fourth-order valence-corrected chi connectivity index (χ4v) is 3.49. The van der Waals surface area contributed by atoms with Crippen LogP contribution in [0.2, 0.25) is 0 Å². The minimum atomic E-state index is -0.174. The van der Waals surface area contributed by atoms with Crippen molar-refractivity contribution in [3.63, 3.8) is 0 Å². The molecule has 0 aromatic heterocycles. The summed E-state index contributed by atoms with van der Waals surface area (Å²) in [6, 6.07) is 25.3. The van der Waals surface area contributed by atoms with Gasteiger partial charge in [-0.1, -0.05) is 42.5 Å². The van der Waals surface area contributed by atoms with E-state index in [1.165, 1.54) is 0 Å². The lowest BCUT2D eigenvalue weighted by atomic mass is 10.1. The van der Waals surface area contributed by atoms with Crippen molar-refractivity contribution >= 4 is 23.0 Å². The van der Waals surface area contributed by atoms with Crippen molar-refractivity contribution in [2.45, 2.75) is 6.54 Å². The minimum Gasteiger partial charge on any atom is -0.397 e. The van der Waals surface area contributed by atoms with Crippen LogP contribution < -0.4 is 16.1 Å². The van der Waals surface area contributed by atoms with Gasteiger partial charge in [-0.15, -0.1) is 0 Å². The first-order chi connectivity index (χ1) is 14.7. The molecule has 6 heteroatoms. The van der Waals surface area contributed by atoms with Crippen LogP contribution in [0.15, 0.2) is 78.9 Å². The number of rotatable bonds is 6. The van der Waals surface area contributed by atoms with Gasteiger partial charge in [-0.3, -0.25) is 4.79 Å². The molecule has 1 amide bonds. The van der Waals surface area contributed by atoms with Crippen LogP contribution in [0.4, 0.5) is 17.1 Å². The molecular formula is C24H26N4O2. The van der Waals surface area contributed by atoms with Crippen LogP contribution in [0.5, 0.6) is 0 Å². The lowest BCUT2D eigenvalue weighted by molar-refractivity contribution is 0.0307. The first-order valence-electron chi connectivity index (χ1n) is 10.1. The molecule has 154 valence electrons. The van der Waals surface area contributed by atoms with Gasteiger partial charge in [-0.2, -0.15) is 0 Å². The number of hydrogen-bond donors (Lipinski definition) is 2. The van der Waals surface area contributed by atoms with E-state index in [2.05, 4.69) is 27.5 Å². The van der Waals surface area contributed by atoms with E-state index in [0.717, 1.165) is 44.1 Å². The number of nitrogen functional groups attached to an aromatic ring is 1. The fourth-order valence-electron chi connectivity index (χ4n) is 3.49. The normalized spacial score (nSPS) is 14.3. The number of hydrazine groups is 1. The third-order valence-corrected chi connectivity index (χ3v) is 5.14. The van der Waals surface area contributed by atoms with Crippen molar-refractivity contribution in [2.24, 2.45) is 0 Å². The van der Waals surface area contributed by atoms with Crippen molar-refractivity contribution in [1.82, 2.24) is 5.01 Å². The Morgan fingerprint density at radius 3 is 2.30 bits per heavy atom. The summed E-state index contributed by atoms with van der Waals surface area (Å²) in [6.07, 6.45) is 0. The van der Waals surface area contributed by atoms with Gasteiger partial charge in [-0.25, -0.2) is 5.01 Å². The maximum atomic E-state index is 12.6. The van der Waals surface area contributed by atoms with E-state index in [-0.39, 0.29) is 5.91 Å². The summed E-state index contributed by atoms with van der Waals surface area (Å²) in [5.74, 6) is -0.174. The van der Waals surface area contributed by atoms with Gasteiger partial charge in [0.05, 0.1) is 36.8 Å². The Morgan fingerprint density at radius 2 is 1.60 bits per heavy atom. The highest BCUT2D eigenvalue weighted by molar-refractivity contribution is 6.05. The monoisotopic (exact) mass is 402 g/mol. The molecule has 4 rings (SSSR count). The summed E-state index contributed by atoms with van der Waals surface area (Å²) >= 11 is 0. The number of morpholine rings is 1. The molecule has 30 heavy (non-hydrogen) atoms. The number of amides is 1. The smallest absolute Gasteiger partial charge is 0.255 e. The second-order valence-electron chi connectivity index (χ2n) is 7.20. The first-order valence-corrected chi connectivity index (χ1v) is 10.1. The molecule has 3 aromatic carbocycles. The predicted octanol–water partition coefficient (Wildman–Crippen LogP) is 3.77. The average molecular weight is 402 g/mol. The molecule has 6 nitrogen and oxygen atoms in total. The second-order valence-corrected chi connectivity index (χ2v) is 7.20. The van der Waals surface area contributed by atoms with Gasteiger partial charge in [-0.05, 0) is 42.0 Å². The molecule has 3 N–H and O–H groups in total. The molecule has 1 fully saturated rings. The van der Waals surface area contributed by atoms with Crippen LogP contribution >= 0.6 is 0 Å². The molecule has 1 aliphatic heterocycles. The topological polar surface area (TPSA) is 70.8 Å². The Bertz CT molecular complexity index is 970. The Labute approximate surface area is 176 Å². The standard InChI is InChI=1S/C24H26N4O2/c25-22-8-4-5-9-23(22)26-24(29)20-12-10-19(11-13-20)18-28(21-6-2-1-3-7-21)27-14-16-30-17-15-27/h1-13H,14-18,25H2,(H,26,29). The maximum Gasteiger partial charge on any atom is 0.255 e. The van der Waals surface area contributed by atoms with Gasteiger partial charge < -0.3 is 20.8 Å². The van der Waals surface area contributed by atoms with Crippen molar-refractivity contribution in [3.8, 4) is 0 Å². The van der Waals surface area contributed by atoms with Crippen LogP contribution in [-0.4, -0.2) is 37.2 Å². The number of carbonyl (C=O) groups excluding carboxylic acids is 1. The van der Waals surface area contributed by atoms with Gasteiger partial charge >= 0.3 is 0 Å². The third kappa shape index (κ3) is 4.79. The summed E-state index contributed by atoms with van der Waals surface area (Å²) in [5, 5.41) is 7.46. The number of nitrogens with one attached hydrogen (secondary N) is 1. The lowest BCUT2D eigenvalue weighted by Crippen LogP contribution is -2.48. The largest absolute Gasteiger partial charge is 0.397 e. The quantitative estimate of drug-likeness (QED) is 0.614. The number of para-hydroxylation sites is 3. The van der Waals surface area contributed by atoms with E-state index >= 15 is 0 Å². The van der Waals surface area contributed by atoms with Gasteiger partial charge in [0.15, 0.2) is 0 Å². The summed E-state index contributed by atoms with van der Waals surface area (Å²) in [5.41, 5.74) is 9.95. The Hall–Kier alpha value is -3.35. The predicted molar refractivity (Wildman–Crippen MR) is 120 cm³/mol. The molecule has 3 aromatic rings. The zero-order chi connectivity index (χ0) is 20.8. The molecule has 1 saturated heterocycles. The molecule has 0 saturated carbocycles. The van der Waals surface area contributed by atoms with Crippen molar-refractivity contribution in [3.05, 3.63) is 90.0 Å². The molecular weight excluding hydrogens is 376 g/mol. The van der Waals surface area contributed by atoms with Crippen molar-refractivity contribution in [1.29, 1.82) is 0 Å². The number of nitrogens with two attached hydrogens (primary N) is 1. The third-order valence-electron chi connectivity index (χ3n) is 5.14. The number of carbonyl (C=O) groups is 1. The van der Waals surface area contributed by atoms with E-state index in [1.807, 2.05) is 54.6 Å². The van der Waals surface area contributed by atoms with Crippen LogP contribution in [0.1, 0.15) is 15.9 Å². The number of ether oxygens (including phenoxy) is 1. The van der Waals surface area contributed by atoms with Crippen LogP contribution in [0.3, 0.4) is 0 Å². The van der Waals surface area contributed by atoms with Crippen molar-refractivity contribution < 1.29 is 9.53 Å². The van der Waals surface area contributed by atoms with Crippen LogP contribution in [0.25, 0.3) is 0 Å². The van der Waals surface area contributed by atoms with E-state index in [9.17, 15) is 4.79 Å². The average Bonchev–Trinajstić information content (AvgIpc) is 2.80. The molecule has 0 aliphatic carbocycles. The number of benzene rings is 3. The highest BCUT2D eigenvalue weighted by Crippen LogP contribution is 2.21. The zero-order valence-corrected chi connectivity index (χ0v) is 16.8. The Balaban J connectivity index is 1.48. The van der Waals surface area contributed by atoms with Gasteiger partial charge in [0.1, 0.15) is 0 Å². The molecule has 1 aliphatic rings. The van der Waals surface area contributed by atoms with E-state index in [4.69, 9.17) is 10.5 Å². The highest BCUT2D eigenvalue weighted by atomic mass is 16.5. The van der Waals surface area contributed by atoms with E-state index in [0.29, 0.717) is 16.9 Å². The molecule has 0 spiro atoms. The molecule has 1 heterocycles. The summed E-state index contributed by atoms with van der Waals surface area (Å²) in [4.78, 5) is 12.6. The summed E-state index contributed by atoms with van der Waals surface area (Å²) < 4.78 is 5.51. The number of hydrogen-bond acceptors (Lipinski definition) is 5. The van der Waals surface area contributed by atoms with Gasteiger partial charge in [0.25, 0.3) is 5.91 Å². The summed E-state index contributed by atoms with van der Waals surface area (Å²) in [6.45, 7) is 3.88. The zero-order valence-electron chi connectivity index (χ0n) is 16.8. The van der Waals surface area contributed by atoms with E-state index in [1.54, 1.807) is 12.1 Å². The SMILES string of the molecule is Nc1ccccc1NC(=O)c1ccc(CN(c2ccccc2)N2CCOCC2)cc1. The molecule has 0 bridgehead atoms. The second kappa shape index (κ2) is 9.43. The lowest BCUT2D eigenvalue weighted by Gasteiger charge is -2.39. The number of nitrogens with zero attached hydrogens (tertiary/aromatic N) is 2. The van der Waals surface area contributed by atoms with Gasteiger partial charge in [0, 0.05) is 18.7 Å². The fraction of sp³-hybridized carbons (Fsp3) is 0.208. The maximum absolute atomic E-state index is 12.6. The molecule has 0 radical (unpaired) electrons. The summed E-state index contributed by atoms with van der Waals surface area (Å²) in [7, 11) is 0. The molecule has 0 atom stereocenters.